The number of halogens is 3. The molecule has 1 aliphatic heterocycles. The van der Waals surface area contributed by atoms with Crippen molar-refractivity contribution in [2.45, 2.75) is 6.61 Å². The van der Waals surface area contributed by atoms with Crippen LogP contribution in [0.15, 0.2) is 46.4 Å². The maximum Gasteiger partial charge on any atom is 0.265 e. The van der Waals surface area contributed by atoms with Crippen LogP contribution in [0.1, 0.15) is 11.1 Å². The highest BCUT2D eigenvalue weighted by atomic mass is 79.9. The summed E-state index contributed by atoms with van der Waals surface area (Å²) in [5, 5.41) is 1.25. The lowest BCUT2D eigenvalue weighted by Gasteiger charge is -2.31. The molecule has 5 nitrogen and oxygen atoms in total. The second-order valence-electron chi connectivity index (χ2n) is 6.28. The number of benzene rings is 2. The number of ether oxygens (including phenoxy) is 1. The van der Waals surface area contributed by atoms with Gasteiger partial charge in [0.15, 0.2) is 5.11 Å². The highest BCUT2D eigenvalue weighted by Gasteiger charge is 2.35. The zero-order valence-electron chi connectivity index (χ0n) is 15.4. The predicted octanol–water partition coefficient (Wildman–Crippen LogP) is 4.93. The monoisotopic (exact) mass is 512 g/mol. The molecular formula is C20H15BrCl2N2O3S. The molecule has 29 heavy (non-hydrogen) atoms. The summed E-state index contributed by atoms with van der Waals surface area (Å²) in [7, 11) is 3.08. The van der Waals surface area contributed by atoms with Gasteiger partial charge in [-0.05, 0) is 64.1 Å². The van der Waals surface area contributed by atoms with E-state index >= 15 is 0 Å². The summed E-state index contributed by atoms with van der Waals surface area (Å²) in [4.78, 5) is 27.4. The van der Waals surface area contributed by atoms with Crippen LogP contribution in [-0.2, 0) is 16.2 Å². The van der Waals surface area contributed by atoms with E-state index in [1.54, 1.807) is 36.4 Å². The SMILES string of the molecule is CN1C(=O)C(=Cc2ccc(OCc3ccc(Cl)cc3Cl)c(Br)c2)C(=O)N(C)C1=S. The maximum atomic E-state index is 12.4. The van der Waals surface area contributed by atoms with Gasteiger partial charge in [-0.3, -0.25) is 19.4 Å². The van der Waals surface area contributed by atoms with Gasteiger partial charge in [-0.25, -0.2) is 0 Å². The third-order valence-corrected chi connectivity index (χ3v) is 6.06. The second kappa shape index (κ2) is 8.83. The molecule has 0 spiro atoms. The van der Waals surface area contributed by atoms with Crippen molar-refractivity contribution in [1.82, 2.24) is 9.80 Å². The van der Waals surface area contributed by atoms with Gasteiger partial charge in [0, 0.05) is 29.7 Å². The van der Waals surface area contributed by atoms with Crippen molar-refractivity contribution >= 4 is 74.4 Å². The first kappa shape index (κ1) is 21.8. The van der Waals surface area contributed by atoms with Gasteiger partial charge in [-0.1, -0.05) is 35.3 Å². The van der Waals surface area contributed by atoms with Gasteiger partial charge in [0.05, 0.1) is 4.47 Å². The number of amides is 2. The van der Waals surface area contributed by atoms with E-state index in [0.717, 1.165) is 5.56 Å². The topological polar surface area (TPSA) is 49.9 Å². The minimum absolute atomic E-state index is 0.0390. The van der Waals surface area contributed by atoms with E-state index in [1.807, 2.05) is 0 Å². The van der Waals surface area contributed by atoms with Crippen molar-refractivity contribution in [1.29, 1.82) is 0 Å². The predicted molar refractivity (Wildman–Crippen MR) is 121 cm³/mol. The average Bonchev–Trinajstić information content (AvgIpc) is 2.68. The maximum absolute atomic E-state index is 12.4. The van der Waals surface area contributed by atoms with Gasteiger partial charge in [0.1, 0.15) is 17.9 Å². The lowest BCUT2D eigenvalue weighted by atomic mass is 10.1. The van der Waals surface area contributed by atoms with Gasteiger partial charge in [-0.15, -0.1) is 0 Å². The molecule has 0 saturated carbocycles. The number of hydrogen-bond acceptors (Lipinski definition) is 4. The molecule has 0 atom stereocenters. The molecule has 2 aromatic rings. The van der Waals surface area contributed by atoms with E-state index in [9.17, 15) is 9.59 Å². The summed E-state index contributed by atoms with van der Waals surface area (Å²) in [5.41, 5.74) is 1.51. The zero-order chi connectivity index (χ0) is 21.3. The molecule has 2 amide bonds. The van der Waals surface area contributed by atoms with Crippen LogP contribution >= 0.6 is 51.3 Å². The minimum atomic E-state index is -0.438. The van der Waals surface area contributed by atoms with Gasteiger partial charge in [0.2, 0.25) is 0 Å². The Morgan fingerprint density at radius 2 is 1.72 bits per heavy atom. The van der Waals surface area contributed by atoms with Crippen molar-refractivity contribution in [3.8, 4) is 5.75 Å². The molecule has 2 aromatic carbocycles. The number of carbonyl (C=O) groups excluding carboxylic acids is 2. The van der Waals surface area contributed by atoms with Crippen LogP contribution in [0.2, 0.25) is 10.0 Å². The number of thiocarbonyl (C=S) groups is 1. The first-order valence-corrected chi connectivity index (χ1v) is 10.3. The normalized spacial score (nSPS) is 14.5. The van der Waals surface area contributed by atoms with Crippen LogP contribution in [0.25, 0.3) is 6.08 Å². The van der Waals surface area contributed by atoms with Crippen LogP contribution in [0.4, 0.5) is 0 Å². The van der Waals surface area contributed by atoms with Crippen LogP contribution in [0.3, 0.4) is 0 Å². The van der Waals surface area contributed by atoms with Crippen molar-refractivity contribution in [3.63, 3.8) is 0 Å². The van der Waals surface area contributed by atoms with E-state index in [1.165, 1.54) is 30.0 Å². The van der Waals surface area contributed by atoms with Crippen molar-refractivity contribution < 1.29 is 14.3 Å². The molecule has 0 aliphatic carbocycles. The Labute approximate surface area is 192 Å². The Morgan fingerprint density at radius 1 is 1.07 bits per heavy atom. The Bertz CT molecular complexity index is 1030. The lowest BCUT2D eigenvalue weighted by molar-refractivity contribution is -0.132. The fraction of sp³-hybridized carbons (Fsp3) is 0.150. The van der Waals surface area contributed by atoms with E-state index < -0.39 is 11.8 Å². The molecule has 0 unspecified atom stereocenters. The number of nitrogens with zero attached hydrogens (tertiary/aromatic N) is 2. The van der Waals surface area contributed by atoms with Crippen molar-refractivity contribution in [2.75, 3.05) is 14.1 Å². The number of carbonyl (C=O) groups is 2. The lowest BCUT2D eigenvalue weighted by Crippen LogP contribution is -2.52. The van der Waals surface area contributed by atoms with E-state index in [2.05, 4.69) is 15.9 Å². The van der Waals surface area contributed by atoms with Gasteiger partial charge < -0.3 is 4.74 Å². The van der Waals surface area contributed by atoms with E-state index in [-0.39, 0.29) is 17.3 Å². The molecule has 9 heteroatoms. The quantitative estimate of drug-likeness (QED) is 0.330. The fourth-order valence-corrected chi connectivity index (χ4v) is 3.80. The average molecular weight is 514 g/mol. The molecule has 3 rings (SSSR count). The Hall–Kier alpha value is -1.93. The summed E-state index contributed by atoms with van der Waals surface area (Å²) in [6.07, 6.45) is 1.53. The van der Waals surface area contributed by atoms with Crippen molar-refractivity contribution in [3.05, 3.63) is 67.6 Å². The van der Waals surface area contributed by atoms with Gasteiger partial charge >= 0.3 is 0 Å². The fourth-order valence-electron chi connectivity index (χ4n) is 2.66. The smallest absolute Gasteiger partial charge is 0.265 e. The standard InChI is InChI=1S/C20H15BrCl2N2O3S/c1-24-18(26)14(19(27)25(2)20(24)29)7-11-3-6-17(15(21)8-11)28-10-12-4-5-13(22)9-16(12)23/h3-9H,10H2,1-2H3. The van der Waals surface area contributed by atoms with Crippen molar-refractivity contribution in [2.24, 2.45) is 0 Å². The molecule has 150 valence electrons. The van der Waals surface area contributed by atoms with Crippen LogP contribution in [-0.4, -0.2) is 40.8 Å². The third-order valence-electron chi connectivity index (χ3n) is 4.31. The summed E-state index contributed by atoms with van der Waals surface area (Å²) >= 11 is 20.6. The molecule has 1 saturated heterocycles. The molecule has 0 aromatic heterocycles. The molecule has 1 heterocycles. The first-order chi connectivity index (χ1) is 13.7. The highest BCUT2D eigenvalue weighted by molar-refractivity contribution is 9.10. The number of rotatable bonds is 4. The summed E-state index contributed by atoms with van der Waals surface area (Å²) in [5.74, 6) is -0.284. The van der Waals surface area contributed by atoms with Gasteiger partial charge in [0.25, 0.3) is 11.8 Å². The summed E-state index contributed by atoms with van der Waals surface area (Å²) in [6, 6.07) is 10.5. The molecule has 0 radical (unpaired) electrons. The molecule has 0 N–H and O–H groups in total. The first-order valence-electron chi connectivity index (χ1n) is 8.37. The molecule has 1 aliphatic rings. The second-order valence-corrected chi connectivity index (χ2v) is 8.35. The molecule has 1 fully saturated rings. The Morgan fingerprint density at radius 3 is 2.31 bits per heavy atom. The van der Waals surface area contributed by atoms with Crippen LogP contribution in [0, 0.1) is 0 Å². The van der Waals surface area contributed by atoms with E-state index in [4.69, 9.17) is 40.2 Å². The highest BCUT2D eigenvalue weighted by Crippen LogP contribution is 2.30. The van der Waals surface area contributed by atoms with Gasteiger partial charge in [-0.2, -0.15) is 0 Å². The molecule has 0 bridgehead atoms. The van der Waals surface area contributed by atoms with Crippen LogP contribution in [0.5, 0.6) is 5.75 Å². The van der Waals surface area contributed by atoms with E-state index in [0.29, 0.717) is 25.8 Å². The zero-order valence-corrected chi connectivity index (χ0v) is 19.3. The third kappa shape index (κ3) is 4.64. The number of hydrogen-bond donors (Lipinski definition) is 0. The summed E-state index contributed by atoms with van der Waals surface area (Å²) < 4.78 is 6.49. The minimum Gasteiger partial charge on any atom is -0.488 e. The Balaban J connectivity index is 1.80. The molecular weight excluding hydrogens is 499 g/mol. The van der Waals surface area contributed by atoms with Crippen LogP contribution < -0.4 is 4.74 Å². The Kier molecular flexibility index (Phi) is 6.63. The number of likely N-dealkylation sites (N-methyl/N-ethyl adjacent to an activating group) is 2. The largest absolute Gasteiger partial charge is 0.488 e. The summed E-state index contributed by atoms with van der Waals surface area (Å²) in [6.45, 7) is 0.263.